The molecule has 1 atom stereocenters. The van der Waals surface area contributed by atoms with Crippen LogP contribution in [-0.4, -0.2) is 17.6 Å². The van der Waals surface area contributed by atoms with Gasteiger partial charge in [-0.05, 0) is 23.6 Å². The fraction of sp³-hybridized carbons (Fsp3) is 0.227. The highest BCUT2D eigenvalue weighted by Gasteiger charge is 2.29. The quantitative estimate of drug-likeness (QED) is 0.781. The van der Waals surface area contributed by atoms with Gasteiger partial charge in [-0.1, -0.05) is 67.2 Å². The van der Waals surface area contributed by atoms with Gasteiger partial charge in [0.05, 0.1) is 22.4 Å². The second kappa shape index (κ2) is 9.25. The number of hydrogen-bond donors (Lipinski definition) is 2. The molecule has 0 radical (unpaired) electrons. The Kier molecular flexibility index (Phi) is 6.51. The number of amides is 2. The lowest BCUT2D eigenvalue weighted by Gasteiger charge is -2.25. The highest BCUT2D eigenvalue weighted by molar-refractivity contribution is 8.03. The van der Waals surface area contributed by atoms with E-state index < -0.39 is 0 Å². The van der Waals surface area contributed by atoms with Crippen molar-refractivity contribution in [3.63, 3.8) is 0 Å². The van der Waals surface area contributed by atoms with Crippen molar-refractivity contribution in [2.24, 2.45) is 0 Å². The molecule has 0 fully saturated rings. The molecule has 5 nitrogen and oxygen atoms in total. The Morgan fingerprint density at radius 2 is 1.93 bits per heavy atom. The van der Waals surface area contributed by atoms with Crippen molar-refractivity contribution in [1.82, 2.24) is 5.32 Å². The predicted octanol–water partition coefficient (Wildman–Crippen LogP) is 3.96. The minimum atomic E-state index is -0.286. The number of aryl methyl sites for hydroxylation is 1. The van der Waals surface area contributed by atoms with Crippen LogP contribution in [0.2, 0.25) is 0 Å². The van der Waals surface area contributed by atoms with Crippen molar-refractivity contribution in [3.8, 4) is 6.07 Å². The van der Waals surface area contributed by atoms with Crippen molar-refractivity contribution in [1.29, 1.82) is 5.26 Å². The van der Waals surface area contributed by atoms with Crippen LogP contribution in [0.5, 0.6) is 0 Å². The number of para-hydroxylation sites is 1. The molecule has 0 aromatic heterocycles. The maximum Gasteiger partial charge on any atom is 0.234 e. The Morgan fingerprint density at radius 3 is 2.64 bits per heavy atom. The number of rotatable bonds is 6. The smallest absolute Gasteiger partial charge is 0.234 e. The van der Waals surface area contributed by atoms with Gasteiger partial charge in [-0.3, -0.25) is 9.59 Å². The summed E-state index contributed by atoms with van der Waals surface area (Å²) in [6.07, 6.45) is 1.05. The first-order valence-electron chi connectivity index (χ1n) is 9.12. The molecule has 6 heteroatoms. The summed E-state index contributed by atoms with van der Waals surface area (Å²) >= 11 is 1.19. The molecule has 1 aliphatic rings. The van der Waals surface area contributed by atoms with Crippen LogP contribution in [0.25, 0.3) is 0 Å². The Labute approximate surface area is 168 Å². The molecule has 0 saturated carbocycles. The summed E-state index contributed by atoms with van der Waals surface area (Å²) in [7, 11) is 0. The number of nitrogens with one attached hydrogen (secondary N) is 2. The van der Waals surface area contributed by atoms with Gasteiger partial charge in [0.15, 0.2) is 0 Å². The number of benzene rings is 2. The van der Waals surface area contributed by atoms with Crippen molar-refractivity contribution in [3.05, 3.63) is 76.3 Å². The predicted molar refractivity (Wildman–Crippen MR) is 111 cm³/mol. The van der Waals surface area contributed by atoms with Gasteiger partial charge in [-0.2, -0.15) is 5.26 Å². The summed E-state index contributed by atoms with van der Waals surface area (Å²) < 4.78 is 0. The number of nitriles is 1. The van der Waals surface area contributed by atoms with E-state index in [0.717, 1.165) is 23.2 Å². The number of anilines is 1. The van der Waals surface area contributed by atoms with Gasteiger partial charge in [-0.15, -0.1) is 0 Å². The Balaban J connectivity index is 1.74. The van der Waals surface area contributed by atoms with Gasteiger partial charge >= 0.3 is 0 Å². The fourth-order valence-electron chi connectivity index (χ4n) is 3.18. The number of hydrogen-bond acceptors (Lipinski definition) is 4. The second-order valence-corrected chi connectivity index (χ2v) is 7.40. The van der Waals surface area contributed by atoms with E-state index in [4.69, 9.17) is 0 Å². The SMILES string of the molecule is CCc1ccccc1NC(=O)CSC1=C(C#N)[C@@H](c2ccccc2)CC(=O)N1. The lowest BCUT2D eigenvalue weighted by molar-refractivity contribution is -0.121. The molecule has 2 aromatic rings. The maximum absolute atomic E-state index is 12.4. The zero-order chi connectivity index (χ0) is 19.9. The van der Waals surface area contributed by atoms with Gasteiger partial charge in [0.25, 0.3) is 0 Å². The van der Waals surface area contributed by atoms with E-state index >= 15 is 0 Å². The van der Waals surface area contributed by atoms with E-state index in [2.05, 4.69) is 16.7 Å². The average Bonchev–Trinajstić information content (AvgIpc) is 2.73. The zero-order valence-electron chi connectivity index (χ0n) is 15.6. The number of allylic oxidation sites excluding steroid dienone is 1. The van der Waals surface area contributed by atoms with Gasteiger partial charge in [0.1, 0.15) is 0 Å². The van der Waals surface area contributed by atoms with Crippen molar-refractivity contribution in [2.75, 3.05) is 11.1 Å². The van der Waals surface area contributed by atoms with E-state index in [1.165, 1.54) is 11.8 Å². The zero-order valence-corrected chi connectivity index (χ0v) is 16.4. The van der Waals surface area contributed by atoms with Crippen LogP contribution in [0.1, 0.15) is 30.4 Å². The molecule has 0 spiro atoms. The average molecular weight is 391 g/mol. The van der Waals surface area contributed by atoms with Crippen molar-refractivity contribution in [2.45, 2.75) is 25.7 Å². The van der Waals surface area contributed by atoms with Gasteiger partial charge in [0.2, 0.25) is 11.8 Å². The first-order chi connectivity index (χ1) is 13.6. The molecule has 142 valence electrons. The minimum Gasteiger partial charge on any atom is -0.325 e. The molecule has 3 rings (SSSR count). The summed E-state index contributed by atoms with van der Waals surface area (Å²) in [5, 5.41) is 15.8. The summed E-state index contributed by atoms with van der Waals surface area (Å²) in [6.45, 7) is 2.03. The summed E-state index contributed by atoms with van der Waals surface area (Å²) in [5.41, 5.74) is 3.28. The van der Waals surface area contributed by atoms with Crippen LogP contribution in [0.3, 0.4) is 0 Å². The van der Waals surface area contributed by atoms with E-state index in [1.54, 1.807) is 0 Å². The summed E-state index contributed by atoms with van der Waals surface area (Å²) in [5.74, 6) is -0.495. The molecular weight excluding hydrogens is 370 g/mol. The van der Waals surface area contributed by atoms with Crippen LogP contribution in [0.4, 0.5) is 5.69 Å². The molecule has 1 aliphatic heterocycles. The maximum atomic E-state index is 12.4. The highest BCUT2D eigenvalue weighted by atomic mass is 32.2. The first kappa shape index (κ1) is 19.7. The largest absolute Gasteiger partial charge is 0.325 e. The summed E-state index contributed by atoms with van der Waals surface area (Å²) in [4.78, 5) is 24.6. The monoisotopic (exact) mass is 391 g/mol. The molecule has 0 unspecified atom stereocenters. The number of carbonyl (C=O) groups is 2. The summed E-state index contributed by atoms with van der Waals surface area (Å²) in [6, 6.07) is 19.4. The highest BCUT2D eigenvalue weighted by Crippen LogP contribution is 2.35. The molecule has 2 N–H and O–H groups in total. The Hall–Kier alpha value is -3.04. The van der Waals surface area contributed by atoms with E-state index in [9.17, 15) is 14.9 Å². The normalized spacial score (nSPS) is 16.3. The van der Waals surface area contributed by atoms with Crippen LogP contribution in [0, 0.1) is 11.3 Å². The molecule has 0 aliphatic carbocycles. The third kappa shape index (κ3) is 4.62. The first-order valence-corrected chi connectivity index (χ1v) is 10.1. The molecule has 28 heavy (non-hydrogen) atoms. The molecule has 2 amide bonds. The number of nitrogens with zero attached hydrogens (tertiary/aromatic N) is 1. The van der Waals surface area contributed by atoms with Gasteiger partial charge < -0.3 is 10.6 Å². The van der Waals surface area contributed by atoms with Crippen LogP contribution < -0.4 is 10.6 Å². The third-order valence-electron chi connectivity index (χ3n) is 4.58. The van der Waals surface area contributed by atoms with Crippen LogP contribution in [0.15, 0.2) is 65.2 Å². The Morgan fingerprint density at radius 1 is 1.21 bits per heavy atom. The fourth-order valence-corrected chi connectivity index (χ4v) is 4.05. The molecule has 1 heterocycles. The number of thioether (sulfide) groups is 1. The van der Waals surface area contributed by atoms with E-state index in [1.807, 2.05) is 61.5 Å². The van der Waals surface area contributed by atoms with Gasteiger partial charge in [0, 0.05) is 18.0 Å². The molecule has 2 aromatic carbocycles. The topological polar surface area (TPSA) is 82.0 Å². The Bertz CT molecular complexity index is 948. The third-order valence-corrected chi connectivity index (χ3v) is 5.60. The minimum absolute atomic E-state index is 0.111. The molecule has 0 bridgehead atoms. The lowest BCUT2D eigenvalue weighted by atomic mass is 9.87. The molecule has 0 saturated heterocycles. The van der Waals surface area contributed by atoms with Crippen molar-refractivity contribution < 1.29 is 9.59 Å². The van der Waals surface area contributed by atoms with E-state index in [-0.39, 0.29) is 29.9 Å². The lowest BCUT2D eigenvalue weighted by Crippen LogP contribution is -2.31. The number of carbonyl (C=O) groups excluding carboxylic acids is 2. The van der Waals surface area contributed by atoms with E-state index in [0.29, 0.717) is 10.6 Å². The van der Waals surface area contributed by atoms with Crippen LogP contribution in [-0.2, 0) is 16.0 Å². The molecular formula is C22H21N3O2S. The standard InChI is InChI=1S/C22H21N3O2S/c1-2-15-8-6-7-11-19(15)24-21(27)14-28-22-18(13-23)17(12-20(26)25-22)16-9-4-3-5-10-16/h3-11,17H,2,12,14H2,1H3,(H,24,27)(H,25,26)/t17-/m1/s1. The van der Waals surface area contributed by atoms with Gasteiger partial charge in [-0.25, -0.2) is 0 Å². The van der Waals surface area contributed by atoms with Crippen LogP contribution >= 0.6 is 11.8 Å². The second-order valence-electron chi connectivity index (χ2n) is 6.42. The van der Waals surface area contributed by atoms with Crippen molar-refractivity contribution >= 4 is 29.3 Å².